The molecule has 0 aromatic rings. The second-order valence-corrected chi connectivity index (χ2v) is 5.68. The fraction of sp³-hybridized carbons (Fsp3) is 0.875. The molecule has 1 fully saturated rings. The van der Waals surface area contributed by atoms with E-state index in [2.05, 4.69) is 10.6 Å². The number of nitrogens with one attached hydrogen (secondary N) is 2. The predicted molar refractivity (Wildman–Crippen MR) is 53.7 cm³/mol. The summed E-state index contributed by atoms with van der Waals surface area (Å²) in [7, 11) is -2.90. The third kappa shape index (κ3) is 3.63. The molecule has 0 bridgehead atoms. The highest BCUT2D eigenvalue weighted by atomic mass is 32.2. The smallest absolute Gasteiger partial charge is 0.234 e. The van der Waals surface area contributed by atoms with Crippen molar-refractivity contribution in [2.24, 2.45) is 0 Å². The lowest BCUT2D eigenvalue weighted by atomic mass is 10.2. The number of likely N-dealkylation sites (N-methyl/N-ethyl adjacent to an activating group) is 1. The van der Waals surface area contributed by atoms with Gasteiger partial charge in [-0.1, -0.05) is 6.92 Å². The van der Waals surface area contributed by atoms with Gasteiger partial charge in [0.15, 0.2) is 9.84 Å². The van der Waals surface area contributed by atoms with Crippen molar-refractivity contribution in [3.8, 4) is 0 Å². The minimum atomic E-state index is -2.90. The Balaban J connectivity index is 2.29. The van der Waals surface area contributed by atoms with Crippen LogP contribution >= 0.6 is 0 Å². The van der Waals surface area contributed by atoms with Crippen LogP contribution in [0, 0.1) is 0 Å². The second-order valence-electron chi connectivity index (χ2n) is 3.45. The quantitative estimate of drug-likeness (QED) is 0.630. The largest absolute Gasteiger partial charge is 0.351 e. The number of rotatable bonds is 4. The molecule has 5 nitrogen and oxygen atoms in total. The Morgan fingerprint density at radius 3 is 2.71 bits per heavy atom. The molecule has 1 aliphatic heterocycles. The summed E-state index contributed by atoms with van der Waals surface area (Å²) in [6.07, 6.45) is 0.542. The van der Waals surface area contributed by atoms with E-state index >= 15 is 0 Å². The highest BCUT2D eigenvalue weighted by Gasteiger charge is 2.28. The molecule has 0 aromatic heterocycles. The first-order valence-corrected chi connectivity index (χ1v) is 6.56. The Hall–Kier alpha value is -0.620. The van der Waals surface area contributed by atoms with Gasteiger partial charge in [-0.25, -0.2) is 8.42 Å². The summed E-state index contributed by atoms with van der Waals surface area (Å²) in [5.74, 6) is 0.151. The van der Waals surface area contributed by atoms with Crippen LogP contribution in [0.4, 0.5) is 0 Å². The molecule has 0 aliphatic carbocycles. The van der Waals surface area contributed by atoms with Gasteiger partial charge in [0.2, 0.25) is 5.91 Å². The molecule has 1 rings (SSSR count). The van der Waals surface area contributed by atoms with Crippen molar-refractivity contribution in [3.05, 3.63) is 0 Å². The Bertz CT molecular complexity index is 300. The number of carbonyl (C=O) groups excluding carboxylic acids is 1. The number of hydrogen-bond donors (Lipinski definition) is 2. The van der Waals surface area contributed by atoms with Gasteiger partial charge in [0.1, 0.15) is 0 Å². The molecular formula is C8H16N2O3S. The van der Waals surface area contributed by atoms with E-state index in [0.717, 1.165) is 6.54 Å². The SMILES string of the molecule is CCNCC(=O)NC1CCS(=O)(=O)C1. The van der Waals surface area contributed by atoms with Crippen molar-refractivity contribution in [3.63, 3.8) is 0 Å². The van der Waals surface area contributed by atoms with Crippen LogP contribution in [0.25, 0.3) is 0 Å². The molecule has 0 spiro atoms. The van der Waals surface area contributed by atoms with Crippen molar-refractivity contribution >= 4 is 15.7 Å². The summed E-state index contributed by atoms with van der Waals surface area (Å²) < 4.78 is 22.1. The zero-order valence-corrected chi connectivity index (χ0v) is 9.06. The second kappa shape index (κ2) is 4.75. The molecule has 6 heteroatoms. The molecule has 2 N–H and O–H groups in total. The van der Waals surface area contributed by atoms with Crippen LogP contribution in [0.3, 0.4) is 0 Å². The fourth-order valence-corrected chi connectivity index (χ4v) is 3.10. The number of sulfone groups is 1. The number of carbonyl (C=O) groups is 1. The molecule has 0 aromatic carbocycles. The standard InChI is InChI=1S/C8H16N2O3S/c1-2-9-5-8(11)10-7-3-4-14(12,13)6-7/h7,9H,2-6H2,1H3,(H,10,11). The summed E-state index contributed by atoms with van der Waals surface area (Å²) in [5.41, 5.74) is 0. The first-order chi connectivity index (χ1) is 6.53. The monoisotopic (exact) mass is 220 g/mol. The van der Waals surface area contributed by atoms with Gasteiger partial charge in [-0.3, -0.25) is 4.79 Å². The highest BCUT2D eigenvalue weighted by molar-refractivity contribution is 7.91. The van der Waals surface area contributed by atoms with Crippen molar-refractivity contribution in [2.75, 3.05) is 24.6 Å². The van der Waals surface area contributed by atoms with Crippen LogP contribution in [-0.4, -0.2) is 45.0 Å². The summed E-state index contributed by atoms with van der Waals surface area (Å²) in [6, 6.07) is -0.189. The average Bonchev–Trinajstić information content (AvgIpc) is 2.42. The van der Waals surface area contributed by atoms with Crippen LogP contribution in [-0.2, 0) is 14.6 Å². The van der Waals surface area contributed by atoms with Crippen LogP contribution < -0.4 is 10.6 Å². The molecule has 0 saturated carbocycles. The van der Waals surface area contributed by atoms with E-state index in [1.165, 1.54) is 0 Å². The van der Waals surface area contributed by atoms with Gasteiger partial charge in [-0.2, -0.15) is 0 Å². The summed E-state index contributed by atoms with van der Waals surface area (Å²) in [4.78, 5) is 11.2. The molecule has 0 radical (unpaired) electrons. The van der Waals surface area contributed by atoms with E-state index in [9.17, 15) is 13.2 Å². The molecule has 1 unspecified atom stereocenters. The Kier molecular flexibility index (Phi) is 3.88. The number of hydrogen-bond acceptors (Lipinski definition) is 4. The van der Waals surface area contributed by atoms with E-state index in [4.69, 9.17) is 0 Å². The van der Waals surface area contributed by atoms with Gasteiger partial charge in [0.05, 0.1) is 18.1 Å². The van der Waals surface area contributed by atoms with Crippen LogP contribution in [0.2, 0.25) is 0 Å². The van der Waals surface area contributed by atoms with E-state index in [-0.39, 0.29) is 30.0 Å². The van der Waals surface area contributed by atoms with Crippen molar-refractivity contribution in [1.29, 1.82) is 0 Å². The first kappa shape index (κ1) is 11.5. The zero-order valence-electron chi connectivity index (χ0n) is 8.25. The Morgan fingerprint density at radius 1 is 1.50 bits per heavy atom. The fourth-order valence-electron chi connectivity index (χ4n) is 1.43. The summed E-state index contributed by atoms with van der Waals surface area (Å²) >= 11 is 0. The minimum absolute atomic E-state index is 0.0882. The van der Waals surface area contributed by atoms with E-state index in [1.54, 1.807) is 0 Å². The maximum Gasteiger partial charge on any atom is 0.234 e. The molecule has 1 amide bonds. The lowest BCUT2D eigenvalue weighted by Gasteiger charge is -2.10. The highest BCUT2D eigenvalue weighted by Crippen LogP contribution is 2.10. The van der Waals surface area contributed by atoms with Crippen LogP contribution in [0.15, 0.2) is 0 Å². The van der Waals surface area contributed by atoms with Crippen molar-refractivity contribution in [1.82, 2.24) is 10.6 Å². The Labute approximate surface area is 84.2 Å². The first-order valence-electron chi connectivity index (χ1n) is 4.74. The summed E-state index contributed by atoms with van der Waals surface area (Å²) in [6.45, 7) is 2.90. The molecule has 1 heterocycles. The molecule has 1 atom stereocenters. The van der Waals surface area contributed by atoms with Gasteiger partial charge in [-0.05, 0) is 13.0 Å². The van der Waals surface area contributed by atoms with Gasteiger partial charge >= 0.3 is 0 Å². The van der Waals surface area contributed by atoms with Gasteiger partial charge in [0.25, 0.3) is 0 Å². The van der Waals surface area contributed by atoms with E-state index in [1.807, 2.05) is 6.92 Å². The Morgan fingerprint density at radius 2 is 2.21 bits per heavy atom. The molecule has 82 valence electrons. The van der Waals surface area contributed by atoms with Gasteiger partial charge < -0.3 is 10.6 Å². The molecular weight excluding hydrogens is 204 g/mol. The zero-order chi connectivity index (χ0) is 10.6. The van der Waals surface area contributed by atoms with E-state index < -0.39 is 9.84 Å². The minimum Gasteiger partial charge on any atom is -0.351 e. The van der Waals surface area contributed by atoms with Crippen LogP contribution in [0.5, 0.6) is 0 Å². The molecule has 1 aliphatic rings. The maximum atomic E-state index is 11.2. The predicted octanol–water partition coefficient (Wildman–Crippen LogP) is -1.10. The van der Waals surface area contributed by atoms with Gasteiger partial charge in [0, 0.05) is 6.04 Å². The maximum absolute atomic E-state index is 11.2. The summed E-state index contributed by atoms with van der Waals surface area (Å²) in [5, 5.41) is 5.57. The molecule has 14 heavy (non-hydrogen) atoms. The van der Waals surface area contributed by atoms with E-state index in [0.29, 0.717) is 6.42 Å². The third-order valence-corrected chi connectivity index (χ3v) is 3.90. The average molecular weight is 220 g/mol. The number of amides is 1. The van der Waals surface area contributed by atoms with Crippen molar-refractivity contribution in [2.45, 2.75) is 19.4 Å². The topological polar surface area (TPSA) is 75.3 Å². The normalized spacial score (nSPS) is 24.8. The lowest BCUT2D eigenvalue weighted by Crippen LogP contribution is -2.40. The van der Waals surface area contributed by atoms with Gasteiger partial charge in [-0.15, -0.1) is 0 Å². The van der Waals surface area contributed by atoms with Crippen molar-refractivity contribution < 1.29 is 13.2 Å². The van der Waals surface area contributed by atoms with Crippen LogP contribution in [0.1, 0.15) is 13.3 Å². The molecule has 1 saturated heterocycles. The lowest BCUT2D eigenvalue weighted by molar-refractivity contribution is -0.120. The third-order valence-electron chi connectivity index (χ3n) is 2.13.